The third-order valence-corrected chi connectivity index (χ3v) is 4.05. The minimum Gasteiger partial charge on any atom is -0.465 e. The fourth-order valence-corrected chi connectivity index (χ4v) is 2.86. The SMILES string of the molecule is CCOC(=O)Cn1c(C(C)NC(=O)c2ccccc2)nc2ccccc21. The van der Waals surface area contributed by atoms with Crippen molar-refractivity contribution >= 4 is 22.9 Å². The molecule has 0 spiro atoms. The number of aromatic nitrogens is 2. The molecule has 0 aliphatic carbocycles. The minimum atomic E-state index is -0.371. The van der Waals surface area contributed by atoms with Gasteiger partial charge in [-0.15, -0.1) is 0 Å². The van der Waals surface area contributed by atoms with E-state index in [9.17, 15) is 9.59 Å². The van der Waals surface area contributed by atoms with Crippen LogP contribution in [-0.4, -0.2) is 28.0 Å². The fraction of sp³-hybridized carbons (Fsp3) is 0.250. The Kier molecular flexibility index (Phi) is 5.31. The van der Waals surface area contributed by atoms with Crippen molar-refractivity contribution in [1.82, 2.24) is 14.9 Å². The minimum absolute atomic E-state index is 0.0508. The number of carbonyl (C=O) groups excluding carboxylic acids is 2. The van der Waals surface area contributed by atoms with Crippen molar-refractivity contribution in [1.29, 1.82) is 0 Å². The van der Waals surface area contributed by atoms with Crippen molar-refractivity contribution in [2.75, 3.05) is 6.61 Å². The van der Waals surface area contributed by atoms with Gasteiger partial charge in [0.05, 0.1) is 23.7 Å². The lowest BCUT2D eigenvalue weighted by Crippen LogP contribution is -2.29. The second-order valence-corrected chi connectivity index (χ2v) is 5.91. The third kappa shape index (κ3) is 3.74. The Hall–Kier alpha value is -3.15. The molecule has 134 valence electrons. The summed E-state index contributed by atoms with van der Waals surface area (Å²) in [4.78, 5) is 29.1. The number of nitrogens with one attached hydrogen (secondary N) is 1. The number of nitrogens with zero attached hydrogens (tertiary/aromatic N) is 2. The van der Waals surface area contributed by atoms with Gasteiger partial charge >= 0.3 is 5.97 Å². The van der Waals surface area contributed by atoms with E-state index >= 15 is 0 Å². The number of hydrogen-bond acceptors (Lipinski definition) is 4. The van der Waals surface area contributed by atoms with Crippen LogP contribution in [0, 0.1) is 0 Å². The van der Waals surface area contributed by atoms with Crippen molar-refractivity contribution in [2.24, 2.45) is 0 Å². The topological polar surface area (TPSA) is 73.2 Å². The van der Waals surface area contributed by atoms with Gasteiger partial charge in [0.15, 0.2) is 0 Å². The molecule has 0 radical (unpaired) electrons. The fourth-order valence-electron chi connectivity index (χ4n) is 2.86. The number of imidazole rings is 1. The van der Waals surface area contributed by atoms with E-state index in [0.717, 1.165) is 11.0 Å². The van der Waals surface area contributed by atoms with Crippen LogP contribution >= 0.6 is 0 Å². The molecule has 6 nitrogen and oxygen atoms in total. The molecule has 2 aromatic carbocycles. The van der Waals surface area contributed by atoms with Gasteiger partial charge in [0.25, 0.3) is 5.91 Å². The molecule has 0 bridgehead atoms. The third-order valence-electron chi connectivity index (χ3n) is 4.05. The molecule has 1 unspecified atom stereocenters. The van der Waals surface area contributed by atoms with Gasteiger partial charge in [0.1, 0.15) is 12.4 Å². The van der Waals surface area contributed by atoms with Crippen LogP contribution in [0.5, 0.6) is 0 Å². The summed E-state index contributed by atoms with van der Waals surface area (Å²) in [6.07, 6.45) is 0. The van der Waals surface area contributed by atoms with Crippen LogP contribution in [-0.2, 0) is 16.1 Å². The second-order valence-electron chi connectivity index (χ2n) is 5.91. The highest BCUT2D eigenvalue weighted by Gasteiger charge is 2.20. The lowest BCUT2D eigenvalue weighted by atomic mass is 10.2. The summed E-state index contributed by atoms with van der Waals surface area (Å²) in [5.74, 6) is 0.0925. The molecule has 1 heterocycles. The average Bonchev–Trinajstić information content (AvgIpc) is 3.01. The summed E-state index contributed by atoms with van der Waals surface area (Å²) in [5.41, 5.74) is 2.18. The van der Waals surface area contributed by atoms with Gasteiger partial charge in [-0.2, -0.15) is 0 Å². The number of carbonyl (C=O) groups is 2. The monoisotopic (exact) mass is 351 g/mol. The molecule has 3 rings (SSSR count). The van der Waals surface area contributed by atoms with Gasteiger partial charge < -0.3 is 14.6 Å². The van der Waals surface area contributed by atoms with Crippen molar-refractivity contribution in [3.05, 3.63) is 66.0 Å². The summed E-state index contributed by atoms with van der Waals surface area (Å²) in [7, 11) is 0. The molecule has 1 amide bonds. The smallest absolute Gasteiger partial charge is 0.326 e. The van der Waals surface area contributed by atoms with Crippen LogP contribution in [0.3, 0.4) is 0 Å². The molecule has 0 aliphatic heterocycles. The maximum Gasteiger partial charge on any atom is 0.326 e. The normalized spacial score (nSPS) is 11.9. The van der Waals surface area contributed by atoms with E-state index in [4.69, 9.17) is 4.74 Å². The standard InChI is InChI=1S/C20H21N3O3/c1-3-26-18(24)13-23-17-12-8-7-11-16(17)22-19(23)14(2)21-20(25)15-9-5-4-6-10-15/h4-12,14H,3,13H2,1-2H3,(H,21,25). The Morgan fingerprint density at radius 3 is 2.54 bits per heavy atom. The zero-order chi connectivity index (χ0) is 18.5. The first kappa shape index (κ1) is 17.7. The van der Waals surface area contributed by atoms with Crippen molar-refractivity contribution in [3.8, 4) is 0 Å². The van der Waals surface area contributed by atoms with Crippen LogP contribution in [0.2, 0.25) is 0 Å². The Morgan fingerprint density at radius 2 is 1.81 bits per heavy atom. The van der Waals surface area contributed by atoms with Crippen LogP contribution in [0.25, 0.3) is 11.0 Å². The summed E-state index contributed by atoms with van der Waals surface area (Å²) in [6.45, 7) is 3.99. The number of para-hydroxylation sites is 2. The first-order chi connectivity index (χ1) is 12.6. The van der Waals surface area contributed by atoms with E-state index in [1.54, 1.807) is 23.6 Å². The summed E-state index contributed by atoms with van der Waals surface area (Å²) in [5, 5.41) is 2.94. The number of fused-ring (bicyclic) bond motifs is 1. The van der Waals surface area contributed by atoms with Gasteiger partial charge in [0.2, 0.25) is 0 Å². The summed E-state index contributed by atoms with van der Waals surface area (Å²) in [6, 6.07) is 16.2. The molecule has 1 N–H and O–H groups in total. The van der Waals surface area contributed by atoms with Gasteiger partial charge in [-0.25, -0.2) is 4.98 Å². The average molecular weight is 351 g/mol. The van der Waals surface area contributed by atoms with E-state index in [0.29, 0.717) is 18.0 Å². The molecule has 0 saturated heterocycles. The molecule has 0 aliphatic rings. The molecule has 0 fully saturated rings. The molecule has 6 heteroatoms. The molecular formula is C20H21N3O3. The highest BCUT2D eigenvalue weighted by molar-refractivity contribution is 5.94. The Morgan fingerprint density at radius 1 is 1.12 bits per heavy atom. The highest BCUT2D eigenvalue weighted by atomic mass is 16.5. The first-order valence-corrected chi connectivity index (χ1v) is 8.57. The van der Waals surface area contributed by atoms with Gasteiger partial charge in [-0.1, -0.05) is 30.3 Å². The predicted molar refractivity (Wildman–Crippen MR) is 98.7 cm³/mol. The van der Waals surface area contributed by atoms with Gasteiger partial charge in [-0.3, -0.25) is 9.59 Å². The van der Waals surface area contributed by atoms with Crippen LogP contribution in [0.1, 0.15) is 36.1 Å². The Bertz CT molecular complexity index is 918. The zero-order valence-electron chi connectivity index (χ0n) is 14.8. The number of esters is 1. The molecule has 26 heavy (non-hydrogen) atoms. The largest absolute Gasteiger partial charge is 0.465 e. The Labute approximate surface area is 151 Å². The molecule has 3 aromatic rings. The molecule has 1 atom stereocenters. The quantitative estimate of drug-likeness (QED) is 0.693. The number of ether oxygens (including phenoxy) is 1. The van der Waals surface area contributed by atoms with Crippen molar-refractivity contribution < 1.29 is 14.3 Å². The van der Waals surface area contributed by atoms with Gasteiger partial charge in [-0.05, 0) is 38.1 Å². The number of hydrogen-bond donors (Lipinski definition) is 1. The lowest BCUT2D eigenvalue weighted by Gasteiger charge is -2.16. The first-order valence-electron chi connectivity index (χ1n) is 8.57. The predicted octanol–water partition coefficient (Wildman–Crippen LogP) is 3.09. The number of amides is 1. The maximum absolute atomic E-state index is 12.4. The lowest BCUT2D eigenvalue weighted by molar-refractivity contribution is -0.143. The van der Waals surface area contributed by atoms with E-state index in [1.165, 1.54) is 0 Å². The Balaban J connectivity index is 1.90. The molecule has 0 saturated carbocycles. The van der Waals surface area contributed by atoms with Crippen molar-refractivity contribution in [3.63, 3.8) is 0 Å². The maximum atomic E-state index is 12.4. The van der Waals surface area contributed by atoms with Crippen LogP contribution in [0.15, 0.2) is 54.6 Å². The summed E-state index contributed by atoms with van der Waals surface area (Å²) >= 11 is 0. The van der Waals surface area contributed by atoms with E-state index in [1.807, 2.05) is 49.4 Å². The second kappa shape index (κ2) is 7.82. The van der Waals surface area contributed by atoms with Gasteiger partial charge in [0, 0.05) is 5.56 Å². The summed E-state index contributed by atoms with van der Waals surface area (Å²) < 4.78 is 6.87. The molecule has 1 aromatic heterocycles. The van der Waals surface area contributed by atoms with E-state index in [-0.39, 0.29) is 24.5 Å². The van der Waals surface area contributed by atoms with Crippen LogP contribution in [0.4, 0.5) is 0 Å². The molecular weight excluding hydrogens is 330 g/mol. The van der Waals surface area contributed by atoms with E-state index in [2.05, 4.69) is 10.3 Å². The number of benzene rings is 2. The highest BCUT2D eigenvalue weighted by Crippen LogP contribution is 2.21. The van der Waals surface area contributed by atoms with E-state index < -0.39 is 0 Å². The van der Waals surface area contributed by atoms with Crippen molar-refractivity contribution in [2.45, 2.75) is 26.4 Å². The number of rotatable bonds is 6. The van der Waals surface area contributed by atoms with Crippen LogP contribution < -0.4 is 5.32 Å². The zero-order valence-corrected chi connectivity index (χ0v) is 14.8.